The highest BCUT2D eigenvalue weighted by molar-refractivity contribution is 5.79. The fourth-order valence-electron chi connectivity index (χ4n) is 4.85. The molecule has 0 atom stereocenters. The largest absolute Gasteiger partial charge is 0.379 e. The van der Waals surface area contributed by atoms with E-state index in [0.29, 0.717) is 19.0 Å². The topological polar surface area (TPSA) is 64.7 Å². The van der Waals surface area contributed by atoms with Gasteiger partial charge in [-0.3, -0.25) is 9.59 Å². The summed E-state index contributed by atoms with van der Waals surface area (Å²) in [5, 5.41) is 6.82. The van der Waals surface area contributed by atoms with Crippen LogP contribution in [0.15, 0.2) is 24.3 Å². The van der Waals surface area contributed by atoms with Crippen molar-refractivity contribution in [2.24, 2.45) is 0 Å². The number of amides is 2. The Kier molecular flexibility index (Phi) is 5.08. The van der Waals surface area contributed by atoms with Gasteiger partial charge in [-0.1, -0.05) is 18.2 Å². The molecule has 0 aromatic heterocycles. The summed E-state index contributed by atoms with van der Waals surface area (Å²) in [4.78, 5) is 28.5. The maximum Gasteiger partial charge on any atom is 0.222 e. The number of piperidine rings is 2. The fourth-order valence-corrected chi connectivity index (χ4v) is 4.85. The lowest BCUT2D eigenvalue weighted by atomic mass is 9.82. The summed E-state index contributed by atoms with van der Waals surface area (Å²) in [6.07, 6.45) is 4.61. The highest BCUT2D eigenvalue weighted by Gasteiger charge is 2.39. The molecule has 0 radical (unpaired) electrons. The van der Waals surface area contributed by atoms with Crippen LogP contribution in [0.2, 0.25) is 0 Å². The third-order valence-electron chi connectivity index (χ3n) is 6.57. The summed E-state index contributed by atoms with van der Waals surface area (Å²) >= 11 is 0. The number of carbonyl (C=O) groups excluding carboxylic acids is 2. The smallest absolute Gasteiger partial charge is 0.222 e. The Morgan fingerprint density at radius 2 is 1.81 bits per heavy atom. The Morgan fingerprint density at radius 3 is 2.52 bits per heavy atom. The highest BCUT2D eigenvalue weighted by atomic mass is 16.2. The van der Waals surface area contributed by atoms with Crippen molar-refractivity contribution in [2.75, 3.05) is 31.5 Å². The second kappa shape index (κ2) is 7.50. The zero-order valence-corrected chi connectivity index (χ0v) is 16.2. The van der Waals surface area contributed by atoms with E-state index in [1.807, 2.05) is 11.0 Å². The molecule has 146 valence electrons. The number of fused-ring (bicyclic) bond motifs is 1. The van der Waals surface area contributed by atoms with Crippen LogP contribution in [0.4, 0.5) is 5.69 Å². The van der Waals surface area contributed by atoms with Gasteiger partial charge in [0.25, 0.3) is 0 Å². The van der Waals surface area contributed by atoms with Crippen molar-refractivity contribution in [1.29, 1.82) is 0 Å². The molecule has 1 spiro atoms. The normalized spacial score (nSPS) is 23.7. The summed E-state index contributed by atoms with van der Waals surface area (Å²) in [6.45, 7) is 6.01. The van der Waals surface area contributed by atoms with Crippen LogP contribution in [-0.2, 0) is 16.1 Å². The van der Waals surface area contributed by atoms with E-state index in [2.05, 4.69) is 33.7 Å². The van der Waals surface area contributed by atoms with Crippen molar-refractivity contribution in [2.45, 2.75) is 57.2 Å². The van der Waals surface area contributed by atoms with E-state index in [4.69, 9.17) is 0 Å². The number of nitrogens with one attached hydrogen (secondary N) is 2. The second-order valence-corrected chi connectivity index (χ2v) is 8.29. The maximum atomic E-state index is 12.4. The van der Waals surface area contributed by atoms with E-state index < -0.39 is 0 Å². The number of para-hydroxylation sites is 1. The number of anilines is 1. The van der Waals surface area contributed by atoms with Crippen molar-refractivity contribution in [3.63, 3.8) is 0 Å². The minimum absolute atomic E-state index is 0.139. The molecule has 27 heavy (non-hydrogen) atoms. The van der Waals surface area contributed by atoms with Gasteiger partial charge >= 0.3 is 0 Å². The Balaban J connectivity index is 1.41. The van der Waals surface area contributed by atoms with Crippen molar-refractivity contribution < 1.29 is 9.59 Å². The van der Waals surface area contributed by atoms with Crippen molar-refractivity contribution in [3.05, 3.63) is 29.8 Å². The molecule has 4 rings (SSSR count). The molecule has 1 aromatic rings. The number of likely N-dealkylation sites (tertiary alicyclic amines) is 2. The number of hydrogen-bond donors (Lipinski definition) is 2. The van der Waals surface area contributed by atoms with Crippen molar-refractivity contribution >= 4 is 17.5 Å². The lowest BCUT2D eigenvalue weighted by Gasteiger charge is -2.47. The van der Waals surface area contributed by atoms with Crippen LogP contribution in [0.25, 0.3) is 0 Å². The van der Waals surface area contributed by atoms with Crippen molar-refractivity contribution in [1.82, 2.24) is 15.1 Å². The molecule has 2 amide bonds. The quantitative estimate of drug-likeness (QED) is 0.793. The first kappa shape index (κ1) is 18.3. The summed E-state index contributed by atoms with van der Waals surface area (Å²) in [5.41, 5.74) is 2.15. The first-order valence-corrected chi connectivity index (χ1v) is 10.2. The molecule has 0 bridgehead atoms. The Bertz CT molecular complexity index is 704. The van der Waals surface area contributed by atoms with E-state index in [1.165, 1.54) is 0 Å². The second-order valence-electron chi connectivity index (χ2n) is 8.29. The number of hydrogen-bond acceptors (Lipinski definition) is 4. The van der Waals surface area contributed by atoms with Crippen LogP contribution < -0.4 is 10.6 Å². The Labute approximate surface area is 161 Å². The van der Waals surface area contributed by atoms with Crippen LogP contribution in [-0.4, -0.2) is 59.4 Å². The summed E-state index contributed by atoms with van der Waals surface area (Å²) in [6, 6.07) is 8.85. The molecule has 3 aliphatic rings. The Morgan fingerprint density at radius 1 is 1.11 bits per heavy atom. The predicted molar refractivity (Wildman–Crippen MR) is 105 cm³/mol. The van der Waals surface area contributed by atoms with Gasteiger partial charge in [-0.25, -0.2) is 0 Å². The van der Waals surface area contributed by atoms with E-state index in [-0.39, 0.29) is 17.4 Å². The zero-order chi connectivity index (χ0) is 18.9. The first-order valence-electron chi connectivity index (χ1n) is 10.2. The van der Waals surface area contributed by atoms with Crippen LogP contribution in [0.1, 0.15) is 44.6 Å². The first-order chi connectivity index (χ1) is 13.0. The summed E-state index contributed by atoms with van der Waals surface area (Å²) in [7, 11) is 0. The average molecular weight is 370 g/mol. The average Bonchev–Trinajstić information content (AvgIpc) is 2.67. The van der Waals surface area contributed by atoms with Gasteiger partial charge in [0.05, 0.1) is 0 Å². The van der Waals surface area contributed by atoms with Gasteiger partial charge in [0.1, 0.15) is 0 Å². The van der Waals surface area contributed by atoms with Crippen LogP contribution in [0.3, 0.4) is 0 Å². The molecule has 3 heterocycles. The minimum atomic E-state index is -0.156. The highest BCUT2D eigenvalue weighted by Crippen LogP contribution is 2.34. The van der Waals surface area contributed by atoms with Gasteiger partial charge in [-0.15, -0.1) is 0 Å². The van der Waals surface area contributed by atoms with Gasteiger partial charge in [0, 0.05) is 63.3 Å². The Hall–Kier alpha value is -2.08. The minimum Gasteiger partial charge on any atom is -0.379 e. The zero-order valence-electron chi connectivity index (χ0n) is 16.2. The number of nitrogens with zero attached hydrogens (tertiary/aromatic N) is 2. The summed E-state index contributed by atoms with van der Waals surface area (Å²) < 4.78 is 0. The van der Waals surface area contributed by atoms with Gasteiger partial charge in [-0.05, 0) is 37.3 Å². The number of carbonyl (C=O) groups is 2. The molecule has 2 N–H and O–H groups in total. The molecule has 3 aliphatic heterocycles. The molecular formula is C21H30N4O2. The lowest BCUT2D eigenvalue weighted by molar-refractivity contribution is -0.130. The van der Waals surface area contributed by atoms with E-state index >= 15 is 0 Å². The lowest BCUT2D eigenvalue weighted by Crippen LogP contribution is -2.56. The van der Waals surface area contributed by atoms with E-state index in [1.54, 1.807) is 6.92 Å². The number of rotatable bonds is 1. The monoisotopic (exact) mass is 370 g/mol. The molecule has 0 unspecified atom stereocenters. The SMILES string of the molecule is CC(=O)N1CCC(N2CCC3(CC2)CC(=O)NCc2ccccc2N3)CC1. The molecule has 1 aromatic carbocycles. The molecule has 2 fully saturated rings. The van der Waals surface area contributed by atoms with Crippen LogP contribution >= 0.6 is 0 Å². The summed E-state index contributed by atoms with van der Waals surface area (Å²) in [5.74, 6) is 0.328. The molecule has 2 saturated heterocycles. The van der Waals surface area contributed by atoms with E-state index in [0.717, 1.165) is 63.1 Å². The van der Waals surface area contributed by atoms with E-state index in [9.17, 15) is 9.59 Å². The van der Waals surface area contributed by atoms with Gasteiger partial charge in [-0.2, -0.15) is 0 Å². The molecular weight excluding hydrogens is 340 g/mol. The van der Waals surface area contributed by atoms with Crippen molar-refractivity contribution in [3.8, 4) is 0 Å². The fraction of sp³-hybridized carbons (Fsp3) is 0.619. The van der Waals surface area contributed by atoms with Gasteiger partial charge < -0.3 is 20.4 Å². The molecule has 6 nitrogen and oxygen atoms in total. The maximum absolute atomic E-state index is 12.4. The third kappa shape index (κ3) is 3.95. The molecule has 0 saturated carbocycles. The standard InChI is InChI=1S/C21H30N4O2/c1-16(26)24-10-6-18(7-11-24)25-12-8-21(9-13-25)14-20(27)22-15-17-4-2-3-5-19(17)23-21/h2-5,18,23H,6-15H2,1H3,(H,22,27). The number of benzene rings is 1. The molecule has 6 heteroatoms. The van der Waals surface area contributed by atoms with Crippen LogP contribution in [0, 0.1) is 0 Å². The van der Waals surface area contributed by atoms with Gasteiger partial charge in [0.15, 0.2) is 0 Å². The van der Waals surface area contributed by atoms with Gasteiger partial charge in [0.2, 0.25) is 11.8 Å². The third-order valence-corrected chi connectivity index (χ3v) is 6.57. The van der Waals surface area contributed by atoms with Crippen LogP contribution in [0.5, 0.6) is 0 Å². The predicted octanol–water partition coefficient (Wildman–Crippen LogP) is 1.96. The molecule has 0 aliphatic carbocycles.